The summed E-state index contributed by atoms with van der Waals surface area (Å²) in [7, 11) is 0. The third-order valence-electron chi connectivity index (χ3n) is 14.7. The van der Waals surface area contributed by atoms with Crippen LogP contribution in [0.15, 0.2) is 70.6 Å². The van der Waals surface area contributed by atoms with Crippen molar-refractivity contribution in [1.82, 2.24) is 52.3 Å². The van der Waals surface area contributed by atoms with Gasteiger partial charge in [-0.05, 0) is 94.6 Å². The van der Waals surface area contributed by atoms with E-state index in [1.165, 1.54) is 23.6 Å². The summed E-state index contributed by atoms with van der Waals surface area (Å²) in [4.78, 5) is 155. The van der Waals surface area contributed by atoms with E-state index in [0.717, 1.165) is 0 Å². The Morgan fingerprint density at radius 1 is 0.482 bits per heavy atom. The number of carbonyl (C=O) groups excluding carboxylic acids is 10. The van der Waals surface area contributed by atoms with Gasteiger partial charge in [0.05, 0.1) is 0 Å². The van der Waals surface area contributed by atoms with Crippen molar-refractivity contribution in [3.05, 3.63) is 71.8 Å². The molecule has 26 heteroatoms. The van der Waals surface area contributed by atoms with Crippen molar-refractivity contribution in [3.63, 3.8) is 0 Å². The average molecular weight is 1160 g/mol. The van der Waals surface area contributed by atoms with Crippen molar-refractivity contribution in [3.8, 4) is 0 Å². The van der Waals surface area contributed by atoms with E-state index in [0.29, 0.717) is 24.0 Å². The van der Waals surface area contributed by atoms with E-state index in [-0.39, 0.29) is 102 Å². The maximum atomic E-state index is 14.9. The van der Waals surface area contributed by atoms with Crippen LogP contribution in [0.4, 0.5) is 0 Å². The predicted octanol–water partition coefficient (Wildman–Crippen LogP) is -1.81. The summed E-state index contributed by atoms with van der Waals surface area (Å²) in [6.45, 7) is 10.3. The van der Waals surface area contributed by atoms with Crippen LogP contribution in [0.1, 0.15) is 110 Å². The van der Waals surface area contributed by atoms with Crippen LogP contribution in [0.2, 0.25) is 0 Å². The summed E-state index contributed by atoms with van der Waals surface area (Å²) >= 11 is 0. The van der Waals surface area contributed by atoms with Gasteiger partial charge in [0, 0.05) is 39.0 Å². The lowest BCUT2D eigenvalue weighted by Gasteiger charge is -2.32. The van der Waals surface area contributed by atoms with E-state index >= 15 is 0 Å². The zero-order chi connectivity index (χ0) is 60.9. The Hall–Kier alpha value is -8.32. The standard InChI is InChI=1S/C57H86N16O10/c1-32(2)29-40-50(78)70-42(31-37-19-11-8-12-20-37)55(83)73-28-16-24-44(73)52(80)71-45(33(3)4)53(81)67-38(21-13-25-62-56(58)59)48(76)64-34(5)47(75)69-41(30-36-17-9-7-10-18-36)54(82)72-27-15-23-43(72)51(79)65-35(6)46(74)66-39(49(77)68-40)22-14-26-63-57(60)61/h7-12,17-20,32-35,38-45H,13-16,21-31H2,1-6H3,(H,64,76)(H,65,79)(H,66,74)(H,67,81)(H,68,77)(H,69,75)(H,70,78)(H,71,80)(H4,58,59,62)(H4,60,61,63)/t34-,35-,38-,39-,40-,41+,42+,43-,44-,45-/m0/s1. The van der Waals surface area contributed by atoms with Crippen LogP contribution >= 0.6 is 0 Å². The highest BCUT2D eigenvalue weighted by atomic mass is 16.2. The van der Waals surface area contributed by atoms with Gasteiger partial charge in [-0.2, -0.15) is 0 Å². The summed E-state index contributed by atoms with van der Waals surface area (Å²) in [5.74, 6) is -8.12. The number of benzene rings is 2. The van der Waals surface area contributed by atoms with Gasteiger partial charge in [-0.25, -0.2) is 0 Å². The molecule has 0 radical (unpaired) electrons. The lowest BCUT2D eigenvalue weighted by molar-refractivity contribution is -0.143. The predicted molar refractivity (Wildman–Crippen MR) is 311 cm³/mol. The highest BCUT2D eigenvalue weighted by Crippen LogP contribution is 2.23. The number of fused-ring (bicyclic) bond motifs is 2. The molecular formula is C57H86N16O10. The smallest absolute Gasteiger partial charge is 0.246 e. The summed E-state index contributed by atoms with van der Waals surface area (Å²) in [6, 6.07) is 5.49. The minimum atomic E-state index is -1.29. The first kappa shape index (κ1) is 65.5. The molecule has 16 N–H and O–H groups in total. The van der Waals surface area contributed by atoms with Gasteiger partial charge in [0.15, 0.2) is 11.9 Å². The van der Waals surface area contributed by atoms with Gasteiger partial charge >= 0.3 is 0 Å². The zero-order valence-corrected chi connectivity index (χ0v) is 48.5. The molecule has 0 bridgehead atoms. The van der Waals surface area contributed by atoms with Gasteiger partial charge < -0.3 is 75.3 Å². The van der Waals surface area contributed by atoms with Crippen LogP contribution in [-0.4, -0.2) is 167 Å². The average Bonchev–Trinajstić information content (AvgIpc) is 4.30. The van der Waals surface area contributed by atoms with Crippen LogP contribution in [0, 0.1) is 11.8 Å². The van der Waals surface area contributed by atoms with Crippen molar-refractivity contribution >= 4 is 71.0 Å². The lowest BCUT2D eigenvalue weighted by Crippen LogP contribution is -2.61. The molecule has 83 heavy (non-hydrogen) atoms. The Bertz CT molecular complexity index is 2650. The van der Waals surface area contributed by atoms with E-state index < -0.39 is 125 Å². The summed E-state index contributed by atoms with van der Waals surface area (Å²) in [5.41, 5.74) is 23.6. The molecule has 0 spiro atoms. The van der Waals surface area contributed by atoms with Gasteiger partial charge in [-0.1, -0.05) is 88.4 Å². The van der Waals surface area contributed by atoms with Gasteiger partial charge in [-0.15, -0.1) is 0 Å². The van der Waals surface area contributed by atoms with Crippen LogP contribution in [-0.2, 0) is 60.8 Å². The molecule has 3 saturated heterocycles. The zero-order valence-electron chi connectivity index (χ0n) is 48.5. The Morgan fingerprint density at radius 3 is 1.29 bits per heavy atom. The van der Waals surface area contributed by atoms with E-state index in [9.17, 15) is 47.9 Å². The minimum Gasteiger partial charge on any atom is -0.370 e. The molecule has 10 atom stereocenters. The van der Waals surface area contributed by atoms with Crippen LogP contribution < -0.4 is 65.5 Å². The Balaban J connectivity index is 1.55. The molecule has 0 aromatic heterocycles. The fourth-order valence-electron chi connectivity index (χ4n) is 10.3. The number of nitrogens with zero attached hydrogens (tertiary/aromatic N) is 4. The molecule has 3 aliphatic heterocycles. The molecule has 10 amide bonds. The van der Waals surface area contributed by atoms with Crippen LogP contribution in [0.25, 0.3) is 0 Å². The van der Waals surface area contributed by atoms with Crippen molar-refractivity contribution in [2.75, 3.05) is 26.2 Å². The van der Waals surface area contributed by atoms with E-state index in [1.54, 1.807) is 74.5 Å². The normalized spacial score (nSPS) is 26.0. The molecular weight excluding hydrogens is 1070 g/mol. The minimum absolute atomic E-state index is 0.00331. The molecule has 0 unspecified atom stereocenters. The molecule has 2 aromatic rings. The molecule has 3 fully saturated rings. The lowest BCUT2D eigenvalue weighted by atomic mass is 9.99. The molecule has 3 heterocycles. The third-order valence-corrected chi connectivity index (χ3v) is 14.7. The number of nitrogens with two attached hydrogens (primary N) is 4. The first-order chi connectivity index (χ1) is 39.4. The Labute approximate surface area is 485 Å². The van der Waals surface area contributed by atoms with Gasteiger partial charge in [0.1, 0.15) is 60.4 Å². The number of rotatable bonds is 15. The molecule has 3 aliphatic rings. The Morgan fingerprint density at radius 2 is 0.855 bits per heavy atom. The van der Waals surface area contributed by atoms with E-state index in [4.69, 9.17) is 22.9 Å². The summed E-state index contributed by atoms with van der Waals surface area (Å²) < 4.78 is 0. The van der Waals surface area contributed by atoms with E-state index in [2.05, 4.69) is 52.5 Å². The number of hydrogen-bond acceptors (Lipinski definition) is 12. The SMILES string of the molecule is CC(C)C[C@@H]1NC(=O)[C@H](CCCN=C(N)N)NC(=O)[C@H](C)NC(=O)[C@@H]2CCCN2C(=O)[C@@H](Cc2ccccc2)NC(=O)[C@H](C)NC(=O)[C@H](CCCN=C(N)N)NC(=O)[C@H](C(C)C)NC(=O)[C@@H]2CCCN2C(=O)[C@@H](Cc2ccccc2)NC1=O. The van der Waals surface area contributed by atoms with Crippen molar-refractivity contribution in [2.45, 2.75) is 173 Å². The van der Waals surface area contributed by atoms with E-state index in [1.807, 2.05) is 13.8 Å². The highest BCUT2D eigenvalue weighted by Gasteiger charge is 2.42. The van der Waals surface area contributed by atoms with Gasteiger partial charge in [0.25, 0.3) is 0 Å². The molecule has 2 aromatic carbocycles. The quantitative estimate of drug-likeness (QED) is 0.0532. The number of hydrogen-bond donors (Lipinski definition) is 12. The third kappa shape index (κ3) is 20.0. The fraction of sp³-hybridized carbons (Fsp3) is 0.579. The molecule has 0 aliphatic carbocycles. The summed E-state index contributed by atoms with van der Waals surface area (Å²) in [6.07, 6.45) is 1.70. The number of guanidine groups is 2. The number of amides is 10. The Kier molecular flexibility index (Phi) is 25.1. The maximum absolute atomic E-state index is 14.9. The maximum Gasteiger partial charge on any atom is 0.246 e. The summed E-state index contributed by atoms with van der Waals surface area (Å²) in [5, 5.41) is 22.1. The second-order valence-corrected chi connectivity index (χ2v) is 22.3. The number of carbonyl (C=O) groups is 10. The molecule has 26 nitrogen and oxygen atoms in total. The van der Waals surface area contributed by atoms with Crippen LogP contribution in [0.3, 0.4) is 0 Å². The largest absolute Gasteiger partial charge is 0.370 e. The molecule has 454 valence electrons. The van der Waals surface area contributed by atoms with Crippen LogP contribution in [0.5, 0.6) is 0 Å². The second-order valence-electron chi connectivity index (χ2n) is 22.3. The van der Waals surface area contributed by atoms with Crippen molar-refractivity contribution in [2.24, 2.45) is 44.8 Å². The van der Waals surface area contributed by atoms with Gasteiger partial charge in [0.2, 0.25) is 59.1 Å². The first-order valence-electron chi connectivity index (χ1n) is 28.7. The monoisotopic (exact) mass is 1150 g/mol. The molecule has 0 saturated carbocycles. The topological polar surface area (TPSA) is 402 Å². The second kappa shape index (κ2) is 31.8. The number of aliphatic imine (C=N–C) groups is 2. The van der Waals surface area contributed by atoms with Crippen molar-refractivity contribution < 1.29 is 47.9 Å². The highest BCUT2D eigenvalue weighted by molar-refractivity contribution is 6.00. The van der Waals surface area contributed by atoms with Gasteiger partial charge in [-0.3, -0.25) is 57.9 Å². The molecule has 5 rings (SSSR count). The fourth-order valence-corrected chi connectivity index (χ4v) is 10.3. The first-order valence-corrected chi connectivity index (χ1v) is 28.7. The number of nitrogens with one attached hydrogen (secondary N) is 8. The van der Waals surface area contributed by atoms with Crippen molar-refractivity contribution in [1.29, 1.82) is 0 Å².